The number of hydrogen-bond acceptors (Lipinski definition) is 5. The van der Waals surface area contributed by atoms with Crippen molar-refractivity contribution in [2.24, 2.45) is 5.92 Å². The molecule has 1 N–H and O–H groups in total. The van der Waals surface area contributed by atoms with E-state index >= 15 is 0 Å². The third kappa shape index (κ3) is 2.35. The van der Waals surface area contributed by atoms with Gasteiger partial charge in [0, 0.05) is 11.9 Å². The Kier molecular flexibility index (Phi) is 3.56. The number of hydrogen-bond donors (Lipinski definition) is 1. The minimum Gasteiger partial charge on any atom is -0.467 e. The van der Waals surface area contributed by atoms with Crippen LogP contribution in [0.15, 0.2) is 6.33 Å². The van der Waals surface area contributed by atoms with Crippen molar-refractivity contribution in [3.63, 3.8) is 0 Å². The van der Waals surface area contributed by atoms with Crippen LogP contribution < -0.4 is 10.1 Å². The average molecular weight is 291 g/mol. The Labute approximate surface area is 121 Å². The van der Waals surface area contributed by atoms with Crippen molar-refractivity contribution in [1.29, 1.82) is 0 Å². The summed E-state index contributed by atoms with van der Waals surface area (Å²) in [7, 11) is 1.59. The summed E-state index contributed by atoms with van der Waals surface area (Å²) < 4.78 is 5.57. The standard InChI is InChI=1S/C14H17N3O2S/c1-8-3-4-9-10(5-8)20-14-12(9)13(16-7-17-14)19-6-11(18)15-2/h7-8H,3-6H2,1-2H3,(H,15,18). The van der Waals surface area contributed by atoms with Crippen LogP contribution in [-0.4, -0.2) is 29.5 Å². The summed E-state index contributed by atoms with van der Waals surface area (Å²) in [6, 6.07) is 0. The molecule has 1 unspecified atom stereocenters. The molecule has 1 aliphatic rings. The van der Waals surface area contributed by atoms with Gasteiger partial charge in [-0.1, -0.05) is 6.92 Å². The van der Waals surface area contributed by atoms with Gasteiger partial charge in [-0.05, 0) is 30.7 Å². The van der Waals surface area contributed by atoms with Gasteiger partial charge in [-0.2, -0.15) is 0 Å². The van der Waals surface area contributed by atoms with Crippen molar-refractivity contribution in [2.75, 3.05) is 13.7 Å². The molecule has 0 fully saturated rings. The molecule has 1 amide bonds. The highest BCUT2D eigenvalue weighted by atomic mass is 32.1. The molecule has 0 bridgehead atoms. The fraction of sp³-hybridized carbons (Fsp3) is 0.500. The highest BCUT2D eigenvalue weighted by molar-refractivity contribution is 7.18. The minimum absolute atomic E-state index is 0.0103. The molecule has 0 aliphatic heterocycles. The van der Waals surface area contributed by atoms with Crippen LogP contribution in [0.25, 0.3) is 10.2 Å². The van der Waals surface area contributed by atoms with Crippen molar-refractivity contribution in [2.45, 2.75) is 26.2 Å². The van der Waals surface area contributed by atoms with Crippen molar-refractivity contribution in [3.05, 3.63) is 16.8 Å². The second-order valence-electron chi connectivity index (χ2n) is 5.17. The summed E-state index contributed by atoms with van der Waals surface area (Å²) in [4.78, 5) is 22.2. The zero-order valence-corrected chi connectivity index (χ0v) is 12.4. The van der Waals surface area contributed by atoms with Crippen molar-refractivity contribution in [3.8, 4) is 5.88 Å². The van der Waals surface area contributed by atoms with Gasteiger partial charge in [-0.3, -0.25) is 4.79 Å². The quantitative estimate of drug-likeness (QED) is 0.938. The molecule has 106 valence electrons. The van der Waals surface area contributed by atoms with Gasteiger partial charge in [0.1, 0.15) is 11.2 Å². The summed E-state index contributed by atoms with van der Waals surface area (Å²) in [6.45, 7) is 2.27. The molecule has 20 heavy (non-hydrogen) atoms. The maximum atomic E-state index is 11.3. The SMILES string of the molecule is CNC(=O)COc1ncnc2sc3c(c12)CCC(C)C3. The fourth-order valence-corrected chi connectivity index (χ4v) is 3.90. The fourth-order valence-electron chi connectivity index (χ4n) is 2.56. The number of likely N-dealkylation sites (N-methyl/N-ethyl adjacent to an activating group) is 1. The zero-order valence-electron chi connectivity index (χ0n) is 11.6. The summed E-state index contributed by atoms with van der Waals surface area (Å²) in [6.07, 6.45) is 4.83. The lowest BCUT2D eigenvalue weighted by atomic mass is 9.89. The number of ether oxygens (including phenoxy) is 1. The lowest BCUT2D eigenvalue weighted by molar-refractivity contribution is -0.122. The number of aryl methyl sites for hydroxylation is 1. The van der Waals surface area contributed by atoms with E-state index in [0.29, 0.717) is 5.88 Å². The van der Waals surface area contributed by atoms with E-state index in [4.69, 9.17) is 4.74 Å². The van der Waals surface area contributed by atoms with E-state index in [9.17, 15) is 4.79 Å². The predicted octanol–water partition coefficient (Wildman–Crippen LogP) is 1.94. The second-order valence-corrected chi connectivity index (χ2v) is 6.26. The molecule has 0 aromatic carbocycles. The maximum Gasteiger partial charge on any atom is 0.257 e. The molecule has 0 spiro atoms. The number of thiophene rings is 1. The Bertz CT molecular complexity index is 653. The summed E-state index contributed by atoms with van der Waals surface area (Å²) >= 11 is 1.73. The molecule has 6 heteroatoms. The highest BCUT2D eigenvalue weighted by Crippen LogP contribution is 2.40. The average Bonchev–Trinajstić information content (AvgIpc) is 2.82. The first-order valence-corrected chi connectivity index (χ1v) is 7.59. The first-order chi connectivity index (χ1) is 9.69. The summed E-state index contributed by atoms with van der Waals surface area (Å²) in [5.74, 6) is 1.10. The van der Waals surface area contributed by atoms with Crippen LogP contribution in [0.3, 0.4) is 0 Å². The topological polar surface area (TPSA) is 64.1 Å². The van der Waals surface area contributed by atoms with Crippen LogP contribution in [0.1, 0.15) is 23.8 Å². The van der Waals surface area contributed by atoms with Crippen molar-refractivity contribution >= 4 is 27.5 Å². The monoisotopic (exact) mass is 291 g/mol. The number of rotatable bonds is 3. The number of carbonyl (C=O) groups is 1. The van der Waals surface area contributed by atoms with E-state index in [1.54, 1.807) is 18.4 Å². The molecule has 1 atom stereocenters. The van der Waals surface area contributed by atoms with Crippen LogP contribution >= 0.6 is 11.3 Å². The van der Waals surface area contributed by atoms with E-state index in [0.717, 1.165) is 29.0 Å². The third-order valence-corrected chi connectivity index (χ3v) is 4.84. The van der Waals surface area contributed by atoms with Crippen molar-refractivity contribution in [1.82, 2.24) is 15.3 Å². The number of fused-ring (bicyclic) bond motifs is 3. The number of nitrogens with one attached hydrogen (secondary N) is 1. The van der Waals surface area contributed by atoms with Gasteiger partial charge >= 0.3 is 0 Å². The summed E-state index contributed by atoms with van der Waals surface area (Å²) in [5.41, 5.74) is 1.32. The normalized spacial score (nSPS) is 17.8. The molecule has 1 aliphatic carbocycles. The molecule has 5 nitrogen and oxygen atoms in total. The van der Waals surface area contributed by atoms with Gasteiger partial charge in [-0.25, -0.2) is 9.97 Å². The van der Waals surface area contributed by atoms with Gasteiger partial charge in [-0.15, -0.1) is 11.3 Å². The number of carbonyl (C=O) groups excluding carboxylic acids is 1. The Balaban J connectivity index is 1.98. The van der Waals surface area contributed by atoms with Gasteiger partial charge in [0.2, 0.25) is 5.88 Å². The third-order valence-electron chi connectivity index (χ3n) is 3.68. The Hall–Kier alpha value is -1.69. The molecule has 3 rings (SSSR count). The lowest BCUT2D eigenvalue weighted by Crippen LogP contribution is -2.25. The van der Waals surface area contributed by atoms with Crippen LogP contribution in [0, 0.1) is 5.92 Å². The summed E-state index contributed by atoms with van der Waals surface area (Å²) in [5, 5.41) is 3.54. The number of nitrogens with zero attached hydrogens (tertiary/aromatic N) is 2. The molecule has 2 aromatic rings. The van der Waals surface area contributed by atoms with Crippen LogP contribution in [0.4, 0.5) is 0 Å². The maximum absolute atomic E-state index is 11.3. The largest absolute Gasteiger partial charge is 0.467 e. The van der Waals surface area contributed by atoms with Gasteiger partial charge in [0.25, 0.3) is 5.91 Å². The minimum atomic E-state index is -0.158. The Morgan fingerprint density at radius 3 is 3.20 bits per heavy atom. The number of aromatic nitrogens is 2. The highest BCUT2D eigenvalue weighted by Gasteiger charge is 2.23. The van der Waals surface area contributed by atoms with Gasteiger partial charge in [0.05, 0.1) is 5.39 Å². The molecule has 0 saturated carbocycles. The van der Waals surface area contributed by atoms with Crippen LogP contribution in [-0.2, 0) is 17.6 Å². The molecule has 2 aromatic heterocycles. The van der Waals surface area contributed by atoms with E-state index in [-0.39, 0.29) is 12.5 Å². The van der Waals surface area contributed by atoms with Crippen LogP contribution in [0.2, 0.25) is 0 Å². The van der Waals surface area contributed by atoms with Gasteiger partial charge in [0.15, 0.2) is 6.61 Å². The van der Waals surface area contributed by atoms with E-state index in [1.165, 1.54) is 23.2 Å². The van der Waals surface area contributed by atoms with E-state index < -0.39 is 0 Å². The first-order valence-electron chi connectivity index (χ1n) is 6.77. The van der Waals surface area contributed by atoms with Crippen molar-refractivity contribution < 1.29 is 9.53 Å². The molecular weight excluding hydrogens is 274 g/mol. The molecular formula is C14H17N3O2S. The van der Waals surface area contributed by atoms with E-state index in [2.05, 4.69) is 22.2 Å². The molecule has 2 heterocycles. The Morgan fingerprint density at radius 2 is 2.40 bits per heavy atom. The van der Waals surface area contributed by atoms with E-state index in [1.807, 2.05) is 0 Å². The smallest absolute Gasteiger partial charge is 0.257 e. The molecule has 0 saturated heterocycles. The molecule has 0 radical (unpaired) electrons. The predicted molar refractivity (Wildman–Crippen MR) is 78.2 cm³/mol. The number of amides is 1. The zero-order chi connectivity index (χ0) is 14.1. The Morgan fingerprint density at radius 1 is 1.55 bits per heavy atom. The lowest BCUT2D eigenvalue weighted by Gasteiger charge is -2.18. The first kappa shape index (κ1) is 13.3. The van der Waals surface area contributed by atoms with Crippen LogP contribution in [0.5, 0.6) is 5.88 Å². The second kappa shape index (κ2) is 5.36. The van der Waals surface area contributed by atoms with Gasteiger partial charge < -0.3 is 10.1 Å².